The van der Waals surface area contributed by atoms with Crippen LogP contribution in [0.2, 0.25) is 0 Å². The van der Waals surface area contributed by atoms with E-state index in [1.54, 1.807) is 24.3 Å². The minimum absolute atomic E-state index is 0.0564. The third-order valence-corrected chi connectivity index (χ3v) is 4.57. The molecule has 0 radical (unpaired) electrons. The Morgan fingerprint density at radius 2 is 1.77 bits per heavy atom. The van der Waals surface area contributed by atoms with Gasteiger partial charge in [0.25, 0.3) is 0 Å². The molecule has 7 nitrogen and oxygen atoms in total. The van der Waals surface area contributed by atoms with Crippen LogP contribution in [0.25, 0.3) is 11.4 Å². The van der Waals surface area contributed by atoms with Crippen LogP contribution in [0.4, 0.5) is 24.5 Å². The molecule has 156 valence electrons. The summed E-state index contributed by atoms with van der Waals surface area (Å²) in [4.78, 5) is 27.5. The summed E-state index contributed by atoms with van der Waals surface area (Å²) in [5.74, 6) is -0.325. The van der Waals surface area contributed by atoms with Crippen LogP contribution in [0, 0.1) is 0 Å². The van der Waals surface area contributed by atoms with E-state index in [2.05, 4.69) is 25.8 Å². The molecule has 2 aromatic carbocycles. The molecule has 11 heteroatoms. The first-order chi connectivity index (χ1) is 14.2. The van der Waals surface area contributed by atoms with Gasteiger partial charge in [0, 0.05) is 23.9 Å². The number of hydrogen-bond acceptors (Lipinski definition) is 5. The van der Waals surface area contributed by atoms with Gasteiger partial charge in [-0.3, -0.25) is 14.7 Å². The van der Waals surface area contributed by atoms with Crippen molar-refractivity contribution in [1.29, 1.82) is 0 Å². The zero-order valence-corrected chi connectivity index (χ0v) is 16.4. The van der Waals surface area contributed by atoms with Gasteiger partial charge in [-0.1, -0.05) is 30.0 Å². The monoisotopic (exact) mass is 435 g/mol. The summed E-state index contributed by atoms with van der Waals surface area (Å²) in [6, 6.07) is 11.4. The van der Waals surface area contributed by atoms with Gasteiger partial charge < -0.3 is 10.6 Å². The summed E-state index contributed by atoms with van der Waals surface area (Å²) < 4.78 is 38.2. The Morgan fingerprint density at radius 1 is 1.07 bits per heavy atom. The Balaban J connectivity index is 1.59. The van der Waals surface area contributed by atoms with E-state index in [1.165, 1.54) is 19.1 Å². The van der Waals surface area contributed by atoms with Gasteiger partial charge in [0.2, 0.25) is 17.0 Å². The number of benzene rings is 2. The molecule has 2 amide bonds. The van der Waals surface area contributed by atoms with E-state index in [0.717, 1.165) is 23.9 Å². The number of carbonyl (C=O) groups is 2. The van der Waals surface area contributed by atoms with Gasteiger partial charge in [-0.2, -0.15) is 13.2 Å². The summed E-state index contributed by atoms with van der Waals surface area (Å²) in [5.41, 5.74) is 0.508. The van der Waals surface area contributed by atoms with Crippen LogP contribution in [0.3, 0.4) is 0 Å². The molecule has 0 bridgehead atoms. The molecular formula is C19H16F3N5O2S. The minimum atomic E-state index is -4.48. The maximum Gasteiger partial charge on any atom is 0.416 e. The summed E-state index contributed by atoms with van der Waals surface area (Å²) in [6.07, 6.45) is -4.48. The first-order valence-electron chi connectivity index (χ1n) is 8.61. The predicted octanol–water partition coefficient (Wildman–Crippen LogP) is 4.18. The number of hydrogen-bond donors (Lipinski definition) is 3. The van der Waals surface area contributed by atoms with E-state index >= 15 is 0 Å². The molecule has 0 unspecified atom stereocenters. The predicted molar refractivity (Wildman–Crippen MR) is 107 cm³/mol. The molecule has 0 saturated heterocycles. The molecule has 30 heavy (non-hydrogen) atoms. The lowest BCUT2D eigenvalue weighted by molar-refractivity contribution is -0.137. The Hall–Kier alpha value is -3.34. The Kier molecular flexibility index (Phi) is 6.40. The van der Waals surface area contributed by atoms with Gasteiger partial charge in [0.05, 0.1) is 11.3 Å². The highest BCUT2D eigenvalue weighted by Gasteiger charge is 2.30. The van der Waals surface area contributed by atoms with E-state index < -0.39 is 17.6 Å². The first-order valence-corrected chi connectivity index (χ1v) is 9.59. The molecule has 3 N–H and O–H groups in total. The molecule has 0 aliphatic carbocycles. The van der Waals surface area contributed by atoms with Crippen molar-refractivity contribution in [2.45, 2.75) is 18.3 Å². The second-order valence-corrected chi connectivity index (χ2v) is 7.09. The van der Waals surface area contributed by atoms with Crippen molar-refractivity contribution in [2.24, 2.45) is 0 Å². The lowest BCUT2D eigenvalue weighted by Gasteiger charge is -2.09. The van der Waals surface area contributed by atoms with Gasteiger partial charge in [0.1, 0.15) is 0 Å². The summed E-state index contributed by atoms with van der Waals surface area (Å²) in [7, 11) is 0. The van der Waals surface area contributed by atoms with Crippen LogP contribution in [-0.2, 0) is 15.8 Å². The summed E-state index contributed by atoms with van der Waals surface area (Å²) >= 11 is 1.03. The van der Waals surface area contributed by atoms with Crippen LogP contribution >= 0.6 is 11.8 Å². The van der Waals surface area contributed by atoms with Crippen LogP contribution < -0.4 is 10.6 Å². The average Bonchev–Trinajstić information content (AvgIpc) is 3.15. The fraction of sp³-hybridized carbons (Fsp3) is 0.158. The Bertz CT molecular complexity index is 1070. The largest absolute Gasteiger partial charge is 0.416 e. The number of nitrogens with zero attached hydrogens (tertiary/aromatic N) is 2. The van der Waals surface area contributed by atoms with E-state index in [0.29, 0.717) is 22.2 Å². The number of rotatable bonds is 6. The number of nitrogens with one attached hydrogen (secondary N) is 3. The van der Waals surface area contributed by atoms with Crippen LogP contribution in [-0.4, -0.2) is 32.7 Å². The quantitative estimate of drug-likeness (QED) is 0.505. The fourth-order valence-electron chi connectivity index (χ4n) is 2.49. The Labute approximate surface area is 173 Å². The van der Waals surface area contributed by atoms with Gasteiger partial charge in [-0.25, -0.2) is 4.98 Å². The van der Waals surface area contributed by atoms with E-state index in [1.807, 2.05) is 0 Å². The average molecular weight is 435 g/mol. The second kappa shape index (κ2) is 8.99. The zero-order valence-electron chi connectivity index (χ0n) is 15.6. The smallest absolute Gasteiger partial charge is 0.326 e. The molecule has 0 saturated carbocycles. The van der Waals surface area contributed by atoms with E-state index in [4.69, 9.17) is 0 Å². The van der Waals surface area contributed by atoms with Crippen molar-refractivity contribution < 1.29 is 22.8 Å². The highest BCUT2D eigenvalue weighted by atomic mass is 32.2. The number of alkyl halides is 3. The van der Waals surface area contributed by atoms with Gasteiger partial charge >= 0.3 is 6.18 Å². The lowest BCUT2D eigenvalue weighted by atomic mass is 10.2. The molecule has 0 spiro atoms. The lowest BCUT2D eigenvalue weighted by Crippen LogP contribution is -2.15. The fourth-order valence-corrected chi connectivity index (χ4v) is 3.09. The van der Waals surface area contributed by atoms with Gasteiger partial charge in [0.15, 0.2) is 5.82 Å². The molecule has 3 aromatic rings. The SMILES string of the molecule is CC(=O)Nc1cccc(-c2nc(SCC(=O)Nc3cccc(C(F)(F)F)c3)n[nH]2)c1. The molecule has 1 aromatic heterocycles. The van der Waals surface area contributed by atoms with Crippen molar-refractivity contribution in [3.05, 3.63) is 54.1 Å². The first kappa shape index (κ1) is 21.4. The Morgan fingerprint density at radius 3 is 2.47 bits per heavy atom. The zero-order chi connectivity index (χ0) is 21.7. The molecule has 0 atom stereocenters. The highest BCUT2D eigenvalue weighted by molar-refractivity contribution is 7.99. The number of H-pyrrole nitrogens is 1. The molecule has 0 fully saturated rings. The molecule has 0 aliphatic rings. The third-order valence-electron chi connectivity index (χ3n) is 3.73. The number of aromatic nitrogens is 3. The minimum Gasteiger partial charge on any atom is -0.326 e. The summed E-state index contributed by atoms with van der Waals surface area (Å²) in [5, 5.41) is 12.2. The number of amides is 2. The maximum atomic E-state index is 12.7. The second-order valence-electron chi connectivity index (χ2n) is 6.14. The maximum absolute atomic E-state index is 12.7. The van der Waals surface area contributed by atoms with Crippen molar-refractivity contribution in [3.8, 4) is 11.4 Å². The van der Waals surface area contributed by atoms with Crippen molar-refractivity contribution in [3.63, 3.8) is 0 Å². The van der Waals surface area contributed by atoms with E-state index in [9.17, 15) is 22.8 Å². The van der Waals surface area contributed by atoms with Crippen molar-refractivity contribution in [1.82, 2.24) is 15.2 Å². The van der Waals surface area contributed by atoms with Gasteiger partial charge in [-0.15, -0.1) is 5.10 Å². The standard InChI is InChI=1S/C19H16F3N5O2S/c1-11(28)23-14-6-2-4-12(8-14)17-25-18(27-26-17)30-10-16(29)24-15-7-3-5-13(9-15)19(20,21)22/h2-9H,10H2,1H3,(H,23,28)(H,24,29)(H,25,26,27). The van der Waals surface area contributed by atoms with Crippen molar-refractivity contribution in [2.75, 3.05) is 16.4 Å². The van der Waals surface area contributed by atoms with Crippen LogP contribution in [0.1, 0.15) is 12.5 Å². The van der Waals surface area contributed by atoms with E-state index in [-0.39, 0.29) is 17.3 Å². The molecule has 0 aliphatic heterocycles. The highest BCUT2D eigenvalue weighted by Crippen LogP contribution is 2.30. The van der Waals surface area contributed by atoms with Crippen LogP contribution in [0.15, 0.2) is 53.7 Å². The molecule has 1 heterocycles. The number of aromatic amines is 1. The summed E-state index contributed by atoms with van der Waals surface area (Å²) in [6.45, 7) is 1.40. The molecule has 3 rings (SSSR count). The topological polar surface area (TPSA) is 99.8 Å². The number of anilines is 2. The van der Waals surface area contributed by atoms with Crippen LogP contribution in [0.5, 0.6) is 0 Å². The van der Waals surface area contributed by atoms with Gasteiger partial charge in [-0.05, 0) is 30.3 Å². The number of halogens is 3. The number of carbonyl (C=O) groups excluding carboxylic acids is 2. The third kappa shape index (κ3) is 5.83. The van der Waals surface area contributed by atoms with Crippen molar-refractivity contribution >= 4 is 35.0 Å². The molecular weight excluding hydrogens is 419 g/mol. The number of thioether (sulfide) groups is 1. The normalized spacial score (nSPS) is 11.2.